The van der Waals surface area contributed by atoms with E-state index in [4.69, 9.17) is 4.74 Å². The minimum absolute atomic E-state index is 0.0683. The zero-order valence-electron chi connectivity index (χ0n) is 20.6. The van der Waals surface area contributed by atoms with E-state index in [2.05, 4.69) is 23.3 Å². The molecule has 184 valence electrons. The third-order valence-corrected chi connectivity index (χ3v) is 8.59. The first kappa shape index (κ1) is 22.9. The van der Waals surface area contributed by atoms with Gasteiger partial charge >= 0.3 is 0 Å². The van der Waals surface area contributed by atoms with Crippen LogP contribution in [0.1, 0.15) is 28.7 Å². The number of likely N-dealkylation sites (tertiary alicyclic amines) is 1. The number of nitrogens with zero attached hydrogens (tertiary/aromatic N) is 2. The number of hydrogen-bond acceptors (Lipinski definition) is 5. The molecule has 0 radical (unpaired) electrons. The van der Waals surface area contributed by atoms with Crippen molar-refractivity contribution in [3.8, 4) is 23.3 Å². The lowest BCUT2D eigenvalue weighted by Crippen LogP contribution is -2.76. The Bertz CT molecular complexity index is 1370. The van der Waals surface area contributed by atoms with Crippen molar-refractivity contribution < 1.29 is 19.7 Å². The number of amides is 1. The van der Waals surface area contributed by atoms with Gasteiger partial charge in [-0.3, -0.25) is 9.69 Å². The van der Waals surface area contributed by atoms with Gasteiger partial charge in [-0.1, -0.05) is 42.3 Å². The Morgan fingerprint density at radius 2 is 2.19 bits per heavy atom. The van der Waals surface area contributed by atoms with Crippen molar-refractivity contribution in [3.63, 3.8) is 0 Å². The van der Waals surface area contributed by atoms with Crippen LogP contribution in [-0.2, 0) is 16.6 Å². The Labute approximate surface area is 211 Å². The Balaban J connectivity index is 1.42. The van der Waals surface area contributed by atoms with Crippen molar-refractivity contribution in [2.24, 2.45) is 0 Å². The topological polar surface area (TPSA) is 73.2 Å². The van der Waals surface area contributed by atoms with E-state index in [1.807, 2.05) is 55.5 Å². The number of piperidine rings is 1. The molecule has 1 saturated heterocycles. The SMILES string of the molecule is C=CCN1CC[C@]23c4c5ccc(O)c4O[C@H]2[C@H](N(C)C(=O)C#Cc2cccc(C)c2)C=C[C@@]3(O)[C@H]1C5. The Morgan fingerprint density at radius 1 is 1.36 bits per heavy atom. The van der Waals surface area contributed by atoms with Gasteiger partial charge in [0.15, 0.2) is 11.5 Å². The summed E-state index contributed by atoms with van der Waals surface area (Å²) in [7, 11) is 1.73. The summed E-state index contributed by atoms with van der Waals surface area (Å²) in [5.74, 6) is 5.93. The molecule has 4 aliphatic rings. The van der Waals surface area contributed by atoms with Crippen molar-refractivity contribution in [2.45, 2.75) is 49.0 Å². The number of ether oxygens (including phenoxy) is 1. The fourth-order valence-corrected chi connectivity index (χ4v) is 6.96. The molecule has 2 heterocycles. The molecule has 6 rings (SSSR count). The van der Waals surface area contributed by atoms with Gasteiger partial charge in [0.05, 0.1) is 11.5 Å². The smallest absolute Gasteiger partial charge is 0.299 e. The van der Waals surface area contributed by atoms with Crippen molar-refractivity contribution in [2.75, 3.05) is 20.1 Å². The third-order valence-electron chi connectivity index (χ3n) is 8.59. The van der Waals surface area contributed by atoms with E-state index < -0.39 is 23.2 Å². The molecule has 0 unspecified atom stereocenters. The number of hydrogen-bond donors (Lipinski definition) is 2. The van der Waals surface area contributed by atoms with Crippen LogP contribution >= 0.6 is 0 Å². The minimum Gasteiger partial charge on any atom is -0.504 e. The quantitative estimate of drug-likeness (QED) is 0.520. The van der Waals surface area contributed by atoms with Gasteiger partial charge in [0.25, 0.3) is 5.91 Å². The fourth-order valence-electron chi connectivity index (χ4n) is 6.96. The van der Waals surface area contributed by atoms with Gasteiger partial charge in [0.2, 0.25) is 0 Å². The normalized spacial score (nSPS) is 31.0. The standard InChI is InChI=1S/C30H30N2O4/c1-4-15-32-16-14-29-26-21-9-10-23(33)27(26)36-28(29)22(12-13-30(29,35)24(32)18-21)31(3)25(34)11-8-20-7-5-6-19(2)17-20/h4-7,9-10,12-13,17,22,24,28,33,35H,1,14-16,18H2,2-3H3/t22-,24-,28+,29+,30-/m1/s1. The summed E-state index contributed by atoms with van der Waals surface area (Å²) < 4.78 is 6.49. The highest BCUT2D eigenvalue weighted by Crippen LogP contribution is 2.64. The lowest BCUT2D eigenvalue weighted by molar-refractivity contribution is -0.152. The Kier molecular flexibility index (Phi) is 5.08. The summed E-state index contributed by atoms with van der Waals surface area (Å²) in [6.07, 6.45) is 6.37. The first-order valence-corrected chi connectivity index (χ1v) is 12.4. The monoisotopic (exact) mass is 482 g/mol. The van der Waals surface area contributed by atoms with Crippen molar-refractivity contribution in [1.82, 2.24) is 9.80 Å². The highest BCUT2D eigenvalue weighted by atomic mass is 16.5. The highest BCUT2D eigenvalue weighted by Gasteiger charge is 2.72. The Hall–Kier alpha value is -3.53. The highest BCUT2D eigenvalue weighted by molar-refractivity contribution is 5.94. The predicted octanol–water partition coefficient (Wildman–Crippen LogP) is 2.70. The van der Waals surface area contributed by atoms with Crippen molar-refractivity contribution in [3.05, 3.63) is 83.5 Å². The molecule has 0 saturated carbocycles. The largest absolute Gasteiger partial charge is 0.504 e. The van der Waals surface area contributed by atoms with Gasteiger partial charge in [0.1, 0.15) is 11.7 Å². The predicted molar refractivity (Wildman–Crippen MR) is 137 cm³/mol. The molecule has 2 bridgehead atoms. The van der Waals surface area contributed by atoms with E-state index in [1.54, 1.807) is 18.0 Å². The van der Waals surface area contributed by atoms with Crippen LogP contribution < -0.4 is 4.74 Å². The van der Waals surface area contributed by atoms with Gasteiger partial charge in [-0.2, -0.15) is 0 Å². The van der Waals surface area contributed by atoms with Crippen LogP contribution in [0.4, 0.5) is 0 Å². The average molecular weight is 483 g/mol. The van der Waals surface area contributed by atoms with Gasteiger partial charge in [-0.05, 0) is 49.1 Å². The molecule has 2 aromatic carbocycles. The molecule has 2 aliphatic heterocycles. The van der Waals surface area contributed by atoms with E-state index in [0.29, 0.717) is 25.1 Å². The molecule has 1 spiro atoms. The summed E-state index contributed by atoms with van der Waals surface area (Å²) in [6, 6.07) is 10.7. The first-order chi connectivity index (χ1) is 17.3. The summed E-state index contributed by atoms with van der Waals surface area (Å²) >= 11 is 0. The molecule has 6 heteroatoms. The molecule has 36 heavy (non-hydrogen) atoms. The zero-order chi connectivity index (χ0) is 25.2. The maximum absolute atomic E-state index is 13.2. The zero-order valence-corrected chi connectivity index (χ0v) is 20.6. The second-order valence-electron chi connectivity index (χ2n) is 10.4. The molecule has 2 aliphatic carbocycles. The number of carbonyl (C=O) groups is 1. The molecular weight excluding hydrogens is 452 g/mol. The van der Waals surface area contributed by atoms with Crippen LogP contribution in [0.3, 0.4) is 0 Å². The second kappa shape index (κ2) is 7.99. The molecule has 6 nitrogen and oxygen atoms in total. The van der Waals surface area contributed by atoms with Crippen molar-refractivity contribution >= 4 is 5.91 Å². The lowest BCUT2D eigenvalue weighted by Gasteiger charge is -2.62. The van der Waals surface area contributed by atoms with E-state index in [9.17, 15) is 15.0 Å². The van der Waals surface area contributed by atoms with Crippen LogP contribution in [0.5, 0.6) is 11.5 Å². The van der Waals surface area contributed by atoms with Crippen LogP contribution in [0, 0.1) is 18.8 Å². The van der Waals surface area contributed by atoms with Gasteiger partial charge in [0, 0.05) is 43.2 Å². The average Bonchev–Trinajstić information content (AvgIpc) is 3.21. The molecular formula is C30H30N2O4. The van der Waals surface area contributed by atoms with E-state index in [1.165, 1.54) is 0 Å². The second-order valence-corrected chi connectivity index (χ2v) is 10.4. The molecule has 5 atom stereocenters. The number of aromatic hydroxyl groups is 1. The molecule has 1 amide bonds. The fraction of sp³-hybridized carbons (Fsp3) is 0.367. The van der Waals surface area contributed by atoms with Crippen molar-refractivity contribution in [1.29, 1.82) is 0 Å². The van der Waals surface area contributed by atoms with Gasteiger partial charge in [-0.25, -0.2) is 0 Å². The number of likely N-dealkylation sites (N-methyl/N-ethyl adjacent to an activating group) is 1. The number of aliphatic hydroxyl groups is 1. The molecule has 0 aromatic heterocycles. The number of rotatable bonds is 3. The summed E-state index contributed by atoms with van der Waals surface area (Å²) in [5, 5.41) is 23.1. The molecule has 2 aromatic rings. The van der Waals surface area contributed by atoms with Crippen LogP contribution in [0.2, 0.25) is 0 Å². The maximum atomic E-state index is 13.2. The first-order valence-electron chi connectivity index (χ1n) is 12.4. The number of benzene rings is 2. The summed E-state index contributed by atoms with van der Waals surface area (Å²) in [4.78, 5) is 17.1. The lowest BCUT2D eigenvalue weighted by atomic mass is 9.50. The number of aryl methyl sites for hydroxylation is 1. The molecule has 2 N–H and O–H groups in total. The summed E-state index contributed by atoms with van der Waals surface area (Å²) in [5.41, 5.74) is 1.88. The number of phenols is 1. The third kappa shape index (κ3) is 2.97. The number of carbonyl (C=O) groups excluding carboxylic acids is 1. The molecule has 1 fully saturated rings. The van der Waals surface area contributed by atoms with Gasteiger partial charge < -0.3 is 19.8 Å². The number of phenolic OH excluding ortho intramolecular Hbond substituents is 1. The van der Waals surface area contributed by atoms with E-state index in [-0.39, 0.29) is 17.7 Å². The van der Waals surface area contributed by atoms with E-state index in [0.717, 1.165) is 28.8 Å². The Morgan fingerprint density at radius 3 is 2.97 bits per heavy atom. The van der Waals surface area contributed by atoms with Crippen LogP contribution in [0.15, 0.2) is 61.2 Å². The van der Waals surface area contributed by atoms with Gasteiger partial charge in [-0.15, -0.1) is 6.58 Å². The summed E-state index contributed by atoms with van der Waals surface area (Å²) in [6.45, 7) is 7.34. The minimum atomic E-state index is -1.20. The van der Waals surface area contributed by atoms with E-state index >= 15 is 0 Å². The van der Waals surface area contributed by atoms with Crippen LogP contribution in [-0.4, -0.2) is 69.8 Å². The maximum Gasteiger partial charge on any atom is 0.299 e. The van der Waals surface area contributed by atoms with Crippen LogP contribution in [0.25, 0.3) is 0 Å².